The van der Waals surface area contributed by atoms with Gasteiger partial charge in [-0.1, -0.05) is 0 Å². The smallest absolute Gasteiger partial charge is 0.370 e. The van der Waals surface area contributed by atoms with Gasteiger partial charge in [0.05, 0.1) is 23.7 Å². The largest absolute Gasteiger partial charge is 0.416 e. The fourth-order valence-corrected chi connectivity index (χ4v) is 4.73. The molecule has 0 aromatic heterocycles. The standard InChI is InChI=1S/C17H22F3N3O4S/c18-17(19,20)14-1-3-15(4-2-14)28(25,26)23-7-5-22(6-8-23)16(24)13-21-9-11-27-12-10-21/h1-4H,5-13H2/p+1. The van der Waals surface area contributed by atoms with E-state index in [2.05, 4.69) is 0 Å². The summed E-state index contributed by atoms with van der Waals surface area (Å²) >= 11 is 0. The topological polar surface area (TPSA) is 71.4 Å². The minimum Gasteiger partial charge on any atom is -0.370 e. The Morgan fingerprint density at radius 2 is 1.61 bits per heavy atom. The van der Waals surface area contributed by atoms with E-state index in [4.69, 9.17) is 4.74 Å². The number of quaternary nitrogens is 1. The lowest BCUT2D eigenvalue weighted by Gasteiger charge is -2.34. The summed E-state index contributed by atoms with van der Waals surface area (Å²) in [5, 5.41) is 0. The Morgan fingerprint density at radius 3 is 2.14 bits per heavy atom. The highest BCUT2D eigenvalue weighted by atomic mass is 32.2. The molecule has 1 aromatic rings. The highest BCUT2D eigenvalue weighted by molar-refractivity contribution is 7.89. The number of ether oxygens (including phenoxy) is 1. The highest BCUT2D eigenvalue weighted by Gasteiger charge is 2.33. The number of halogens is 3. The number of nitrogens with zero attached hydrogens (tertiary/aromatic N) is 2. The zero-order valence-electron chi connectivity index (χ0n) is 15.2. The molecule has 0 radical (unpaired) electrons. The van der Waals surface area contributed by atoms with Crippen molar-refractivity contribution in [3.8, 4) is 0 Å². The molecule has 2 aliphatic rings. The van der Waals surface area contributed by atoms with Gasteiger partial charge in [-0.05, 0) is 24.3 Å². The molecule has 0 bridgehead atoms. The number of hydrogen-bond donors (Lipinski definition) is 1. The molecule has 2 fully saturated rings. The summed E-state index contributed by atoms with van der Waals surface area (Å²) in [7, 11) is -3.89. The van der Waals surface area contributed by atoms with Crippen LogP contribution in [0.5, 0.6) is 0 Å². The van der Waals surface area contributed by atoms with Crippen LogP contribution in [0.1, 0.15) is 5.56 Å². The molecule has 0 atom stereocenters. The van der Waals surface area contributed by atoms with Crippen molar-refractivity contribution in [2.24, 2.45) is 0 Å². The number of piperazine rings is 1. The van der Waals surface area contributed by atoms with Crippen LogP contribution < -0.4 is 4.90 Å². The van der Waals surface area contributed by atoms with E-state index < -0.39 is 21.8 Å². The van der Waals surface area contributed by atoms with Crippen LogP contribution in [-0.4, -0.2) is 82.6 Å². The zero-order chi connectivity index (χ0) is 20.4. The Balaban J connectivity index is 1.58. The second-order valence-electron chi connectivity index (χ2n) is 6.85. The van der Waals surface area contributed by atoms with Gasteiger partial charge in [0.25, 0.3) is 5.91 Å². The van der Waals surface area contributed by atoms with E-state index in [1.54, 1.807) is 4.90 Å². The number of alkyl halides is 3. The second kappa shape index (κ2) is 8.36. The first kappa shape index (κ1) is 21.0. The van der Waals surface area contributed by atoms with E-state index in [1.807, 2.05) is 0 Å². The quantitative estimate of drug-likeness (QED) is 0.707. The van der Waals surface area contributed by atoms with Crippen LogP contribution in [0.25, 0.3) is 0 Å². The number of rotatable bonds is 4. The summed E-state index contributed by atoms with van der Waals surface area (Å²) in [4.78, 5) is 15.0. The van der Waals surface area contributed by atoms with Gasteiger partial charge < -0.3 is 14.5 Å². The molecule has 1 N–H and O–H groups in total. The molecule has 156 valence electrons. The van der Waals surface area contributed by atoms with Crippen LogP contribution in [0.2, 0.25) is 0 Å². The Hall–Kier alpha value is -1.69. The predicted molar refractivity (Wildman–Crippen MR) is 93.2 cm³/mol. The number of carbonyl (C=O) groups excluding carboxylic acids is 1. The third-order valence-electron chi connectivity index (χ3n) is 5.01. The number of morpholine rings is 1. The maximum absolute atomic E-state index is 12.7. The SMILES string of the molecule is O=C(C[NH+]1CCOCC1)N1CCN(S(=O)(=O)c2ccc(C(F)(F)F)cc2)CC1. The van der Waals surface area contributed by atoms with Crippen molar-refractivity contribution in [1.29, 1.82) is 0 Å². The first-order valence-corrected chi connectivity index (χ1v) is 10.5. The van der Waals surface area contributed by atoms with Gasteiger partial charge in [0.1, 0.15) is 13.1 Å². The zero-order valence-corrected chi connectivity index (χ0v) is 16.1. The summed E-state index contributed by atoms with van der Waals surface area (Å²) in [5.41, 5.74) is -0.896. The minimum atomic E-state index is -4.52. The molecule has 0 aliphatic carbocycles. The summed E-state index contributed by atoms with van der Waals surface area (Å²) in [6, 6.07) is 3.46. The molecule has 0 unspecified atom stereocenters. The molecule has 2 heterocycles. The normalized spacial score (nSPS) is 20.3. The van der Waals surface area contributed by atoms with Crippen LogP contribution >= 0.6 is 0 Å². The average Bonchev–Trinajstić information content (AvgIpc) is 2.68. The Bertz CT molecular complexity index is 785. The fourth-order valence-electron chi connectivity index (χ4n) is 3.31. The molecular weight excluding hydrogens is 399 g/mol. The molecule has 1 amide bonds. The van der Waals surface area contributed by atoms with Crippen molar-refractivity contribution in [3.05, 3.63) is 29.8 Å². The van der Waals surface area contributed by atoms with Gasteiger partial charge in [0.2, 0.25) is 10.0 Å². The van der Waals surface area contributed by atoms with Gasteiger partial charge in [-0.15, -0.1) is 0 Å². The lowest BCUT2D eigenvalue weighted by molar-refractivity contribution is -0.900. The molecule has 11 heteroatoms. The molecule has 2 aliphatic heterocycles. The molecular formula is C17H23F3N3O4S+. The number of sulfonamides is 1. The molecule has 3 rings (SSSR count). The van der Waals surface area contributed by atoms with Crippen molar-refractivity contribution in [3.63, 3.8) is 0 Å². The first-order chi connectivity index (χ1) is 13.2. The van der Waals surface area contributed by atoms with Gasteiger partial charge in [0, 0.05) is 26.2 Å². The first-order valence-electron chi connectivity index (χ1n) is 9.04. The summed E-state index contributed by atoms with van der Waals surface area (Å²) in [5.74, 6) is -0.0246. The number of carbonyl (C=O) groups is 1. The summed E-state index contributed by atoms with van der Waals surface area (Å²) < 4.78 is 69.8. The van der Waals surface area contributed by atoms with Crippen LogP contribution in [0.15, 0.2) is 29.2 Å². The lowest BCUT2D eigenvalue weighted by atomic mass is 10.2. The average molecular weight is 422 g/mol. The van der Waals surface area contributed by atoms with Gasteiger partial charge in [-0.25, -0.2) is 8.42 Å². The fraction of sp³-hybridized carbons (Fsp3) is 0.588. The van der Waals surface area contributed by atoms with E-state index in [1.165, 1.54) is 4.31 Å². The van der Waals surface area contributed by atoms with E-state index >= 15 is 0 Å². The summed E-state index contributed by atoms with van der Waals surface area (Å²) in [6.07, 6.45) is -4.52. The second-order valence-corrected chi connectivity index (χ2v) is 8.78. The van der Waals surface area contributed by atoms with Crippen molar-refractivity contribution in [2.75, 3.05) is 59.0 Å². The lowest BCUT2D eigenvalue weighted by Crippen LogP contribution is -3.15. The monoisotopic (exact) mass is 422 g/mol. The molecule has 2 saturated heterocycles. The van der Waals surface area contributed by atoms with Crippen LogP contribution in [0.3, 0.4) is 0 Å². The van der Waals surface area contributed by atoms with Crippen LogP contribution in [0.4, 0.5) is 13.2 Å². The van der Waals surface area contributed by atoms with E-state index in [0.29, 0.717) is 19.8 Å². The van der Waals surface area contributed by atoms with Crippen molar-refractivity contribution >= 4 is 15.9 Å². The van der Waals surface area contributed by atoms with E-state index in [-0.39, 0.29) is 37.0 Å². The third-order valence-corrected chi connectivity index (χ3v) is 6.92. The van der Waals surface area contributed by atoms with Crippen molar-refractivity contribution < 1.29 is 36.0 Å². The van der Waals surface area contributed by atoms with Crippen LogP contribution in [-0.2, 0) is 25.7 Å². The minimum absolute atomic E-state index is 0.0246. The molecule has 28 heavy (non-hydrogen) atoms. The maximum Gasteiger partial charge on any atom is 0.416 e. The van der Waals surface area contributed by atoms with Gasteiger partial charge in [-0.2, -0.15) is 17.5 Å². The van der Waals surface area contributed by atoms with Crippen molar-refractivity contribution in [1.82, 2.24) is 9.21 Å². The highest BCUT2D eigenvalue weighted by Crippen LogP contribution is 2.30. The van der Waals surface area contributed by atoms with E-state index in [9.17, 15) is 26.4 Å². The molecule has 7 nitrogen and oxygen atoms in total. The summed E-state index contributed by atoms with van der Waals surface area (Å²) in [6.45, 7) is 3.92. The number of amides is 1. The number of hydrogen-bond acceptors (Lipinski definition) is 4. The molecule has 0 spiro atoms. The van der Waals surface area contributed by atoms with Gasteiger partial charge in [0.15, 0.2) is 6.54 Å². The van der Waals surface area contributed by atoms with Crippen LogP contribution in [0, 0.1) is 0 Å². The van der Waals surface area contributed by atoms with E-state index in [0.717, 1.165) is 42.3 Å². The maximum atomic E-state index is 12.7. The molecule has 0 saturated carbocycles. The number of benzene rings is 1. The van der Waals surface area contributed by atoms with Gasteiger partial charge >= 0.3 is 6.18 Å². The Labute approximate surface area is 161 Å². The predicted octanol–water partition coefficient (Wildman–Crippen LogP) is -0.547. The molecule has 1 aromatic carbocycles. The Kier molecular flexibility index (Phi) is 6.28. The van der Waals surface area contributed by atoms with Crippen molar-refractivity contribution in [2.45, 2.75) is 11.1 Å². The number of nitrogens with one attached hydrogen (secondary N) is 1. The third kappa shape index (κ3) is 4.83. The Morgan fingerprint density at radius 1 is 1.04 bits per heavy atom. The van der Waals surface area contributed by atoms with Gasteiger partial charge in [-0.3, -0.25) is 4.79 Å².